The van der Waals surface area contributed by atoms with E-state index in [-0.39, 0.29) is 18.0 Å². The lowest BCUT2D eigenvalue weighted by atomic mass is 10.1. The lowest BCUT2D eigenvalue weighted by Gasteiger charge is -2.35. The van der Waals surface area contributed by atoms with E-state index in [1.165, 1.54) is 12.1 Å². The van der Waals surface area contributed by atoms with Crippen LogP contribution in [0.3, 0.4) is 0 Å². The number of rotatable bonds is 6. The molecule has 2 unspecified atom stereocenters. The van der Waals surface area contributed by atoms with Crippen LogP contribution in [0.1, 0.15) is 30.2 Å². The number of hydrogen-bond donors (Lipinski definition) is 1. The zero-order valence-electron chi connectivity index (χ0n) is 17.7. The minimum atomic E-state index is -0.224. The predicted molar refractivity (Wildman–Crippen MR) is 112 cm³/mol. The number of halogens is 1. The molecule has 0 amide bonds. The van der Waals surface area contributed by atoms with Crippen LogP contribution in [0.2, 0.25) is 0 Å². The van der Waals surface area contributed by atoms with Crippen molar-refractivity contribution in [1.82, 2.24) is 24.9 Å². The second-order valence-electron chi connectivity index (χ2n) is 7.48. The van der Waals surface area contributed by atoms with Gasteiger partial charge in [-0.1, -0.05) is 12.1 Å². The molecular formula is C21H31FN6O. The van der Waals surface area contributed by atoms with Gasteiger partial charge < -0.3 is 19.9 Å². The lowest BCUT2D eigenvalue weighted by Crippen LogP contribution is -2.48. The zero-order chi connectivity index (χ0) is 20.8. The Hall–Kier alpha value is -2.45. The summed E-state index contributed by atoms with van der Waals surface area (Å²) in [4.78, 5) is 9.26. The Balaban J connectivity index is 1.74. The molecule has 1 aromatic heterocycles. The molecule has 1 saturated heterocycles. The van der Waals surface area contributed by atoms with Crippen molar-refractivity contribution in [1.29, 1.82) is 0 Å². The van der Waals surface area contributed by atoms with Gasteiger partial charge in [0, 0.05) is 31.9 Å². The van der Waals surface area contributed by atoms with Crippen LogP contribution in [0, 0.1) is 5.82 Å². The first-order valence-electron chi connectivity index (χ1n) is 10.0. The summed E-state index contributed by atoms with van der Waals surface area (Å²) in [5.41, 5.74) is 2.12. The highest BCUT2D eigenvalue weighted by Gasteiger charge is 2.25. The Labute approximate surface area is 172 Å². The summed E-state index contributed by atoms with van der Waals surface area (Å²) in [6.45, 7) is 5.58. The quantitative estimate of drug-likeness (QED) is 0.593. The van der Waals surface area contributed by atoms with E-state index in [0.29, 0.717) is 13.2 Å². The maximum atomic E-state index is 13.3. The van der Waals surface area contributed by atoms with Gasteiger partial charge in [0.2, 0.25) is 0 Å². The predicted octanol–water partition coefficient (Wildman–Crippen LogP) is 2.20. The van der Waals surface area contributed by atoms with Gasteiger partial charge in [0.25, 0.3) is 0 Å². The van der Waals surface area contributed by atoms with Crippen molar-refractivity contribution >= 4 is 5.96 Å². The van der Waals surface area contributed by atoms with Crippen molar-refractivity contribution in [3.8, 4) is 0 Å². The van der Waals surface area contributed by atoms with Crippen molar-refractivity contribution in [2.75, 3.05) is 46.9 Å². The zero-order valence-corrected chi connectivity index (χ0v) is 17.7. The number of aryl methyl sites for hydroxylation is 1. The van der Waals surface area contributed by atoms with E-state index in [1.54, 1.807) is 4.68 Å². The van der Waals surface area contributed by atoms with E-state index in [1.807, 2.05) is 45.7 Å². The van der Waals surface area contributed by atoms with E-state index in [9.17, 15) is 4.39 Å². The number of aromatic nitrogens is 2. The first kappa shape index (κ1) is 21.3. The third-order valence-electron chi connectivity index (χ3n) is 5.09. The number of nitrogens with one attached hydrogen (secondary N) is 1. The maximum absolute atomic E-state index is 13.3. The second kappa shape index (κ2) is 9.84. The molecule has 7 nitrogen and oxygen atoms in total. The van der Waals surface area contributed by atoms with Crippen LogP contribution in [0.5, 0.6) is 0 Å². The number of aliphatic imine (C=N–C) groups is 1. The van der Waals surface area contributed by atoms with Gasteiger partial charge in [0.15, 0.2) is 5.96 Å². The molecule has 158 valence electrons. The largest absolute Gasteiger partial charge is 0.370 e. The van der Waals surface area contributed by atoms with Gasteiger partial charge in [-0.3, -0.25) is 9.67 Å². The minimum absolute atomic E-state index is 0.0250. The average Bonchev–Trinajstić information content (AvgIpc) is 3.15. The number of guanidine groups is 1. The Kier molecular flexibility index (Phi) is 7.22. The Bertz CT molecular complexity index is 804. The standard InChI is InChI=1S/C21H31FN6O/c1-5-23-21(24-13-19(26(2)3)16-6-8-18(22)9-7-16)28-10-11-29-20(15-28)17-12-25-27(4)14-17/h6-9,12,14,19-20H,5,10-11,13,15H2,1-4H3,(H,23,24). The molecule has 2 heterocycles. The minimum Gasteiger partial charge on any atom is -0.370 e. The van der Waals surface area contributed by atoms with Crippen molar-refractivity contribution in [2.24, 2.45) is 12.0 Å². The van der Waals surface area contributed by atoms with Crippen molar-refractivity contribution in [3.63, 3.8) is 0 Å². The van der Waals surface area contributed by atoms with Crippen molar-refractivity contribution < 1.29 is 9.13 Å². The Morgan fingerprint density at radius 1 is 1.38 bits per heavy atom. The average molecular weight is 403 g/mol. The first-order chi connectivity index (χ1) is 14.0. The molecule has 2 aromatic rings. The molecule has 1 N–H and O–H groups in total. The molecule has 2 atom stereocenters. The molecule has 0 aliphatic carbocycles. The lowest BCUT2D eigenvalue weighted by molar-refractivity contribution is -0.00807. The Morgan fingerprint density at radius 2 is 2.14 bits per heavy atom. The third-order valence-corrected chi connectivity index (χ3v) is 5.09. The summed E-state index contributed by atoms with van der Waals surface area (Å²) in [6, 6.07) is 6.73. The summed E-state index contributed by atoms with van der Waals surface area (Å²) in [5, 5.41) is 7.66. The number of nitrogens with zero attached hydrogens (tertiary/aromatic N) is 5. The Morgan fingerprint density at radius 3 is 2.76 bits per heavy atom. The van der Waals surface area contributed by atoms with Gasteiger partial charge in [-0.25, -0.2) is 4.39 Å². The van der Waals surface area contributed by atoms with Crippen LogP contribution in [0.4, 0.5) is 4.39 Å². The number of hydrogen-bond acceptors (Lipinski definition) is 4. The molecule has 1 aromatic carbocycles. The van der Waals surface area contributed by atoms with E-state index in [4.69, 9.17) is 9.73 Å². The summed E-state index contributed by atoms with van der Waals surface area (Å²) in [6.07, 6.45) is 3.83. The summed E-state index contributed by atoms with van der Waals surface area (Å²) < 4.78 is 21.1. The van der Waals surface area contributed by atoms with Crippen molar-refractivity contribution in [2.45, 2.75) is 19.1 Å². The summed E-state index contributed by atoms with van der Waals surface area (Å²) in [7, 11) is 5.94. The number of morpholine rings is 1. The third kappa shape index (κ3) is 5.55. The SMILES string of the molecule is CCNC(=NCC(c1ccc(F)cc1)N(C)C)N1CCOC(c2cnn(C)c2)C1. The van der Waals surface area contributed by atoms with Crippen LogP contribution in [-0.2, 0) is 11.8 Å². The van der Waals surface area contributed by atoms with Gasteiger partial charge in [-0.2, -0.15) is 5.10 Å². The topological polar surface area (TPSA) is 57.9 Å². The molecule has 0 saturated carbocycles. The van der Waals surface area contributed by atoms with Crippen LogP contribution >= 0.6 is 0 Å². The smallest absolute Gasteiger partial charge is 0.194 e. The highest BCUT2D eigenvalue weighted by Crippen LogP contribution is 2.23. The summed E-state index contributed by atoms with van der Waals surface area (Å²) in [5.74, 6) is 0.650. The number of likely N-dealkylation sites (N-methyl/N-ethyl adjacent to an activating group) is 1. The monoisotopic (exact) mass is 402 g/mol. The van der Waals surface area contributed by atoms with Crippen molar-refractivity contribution in [3.05, 3.63) is 53.6 Å². The molecule has 1 aliphatic heterocycles. The first-order valence-corrected chi connectivity index (χ1v) is 10.0. The molecule has 1 aliphatic rings. The van der Waals surface area contributed by atoms with Gasteiger partial charge in [0.1, 0.15) is 11.9 Å². The molecule has 0 radical (unpaired) electrons. The van der Waals surface area contributed by atoms with Gasteiger partial charge in [-0.05, 0) is 38.7 Å². The van der Waals surface area contributed by atoms with Crippen LogP contribution in [-0.4, -0.2) is 72.4 Å². The molecule has 3 rings (SSSR count). The molecular weight excluding hydrogens is 371 g/mol. The molecule has 1 fully saturated rings. The second-order valence-corrected chi connectivity index (χ2v) is 7.48. The molecule has 29 heavy (non-hydrogen) atoms. The van der Waals surface area contributed by atoms with Crippen LogP contribution in [0.15, 0.2) is 41.7 Å². The normalized spacial score (nSPS) is 18.9. The van der Waals surface area contributed by atoms with E-state index >= 15 is 0 Å². The molecule has 0 spiro atoms. The van der Waals surface area contributed by atoms with E-state index < -0.39 is 0 Å². The highest BCUT2D eigenvalue weighted by molar-refractivity contribution is 5.80. The van der Waals surface area contributed by atoms with E-state index in [2.05, 4.69) is 27.1 Å². The highest BCUT2D eigenvalue weighted by atomic mass is 19.1. The number of benzene rings is 1. The van der Waals surface area contributed by atoms with Gasteiger partial charge in [-0.15, -0.1) is 0 Å². The fraction of sp³-hybridized carbons (Fsp3) is 0.524. The fourth-order valence-electron chi connectivity index (χ4n) is 3.50. The maximum Gasteiger partial charge on any atom is 0.194 e. The van der Waals surface area contributed by atoms with Crippen LogP contribution in [0.25, 0.3) is 0 Å². The van der Waals surface area contributed by atoms with E-state index in [0.717, 1.165) is 36.7 Å². The summed E-state index contributed by atoms with van der Waals surface area (Å²) >= 11 is 0. The van der Waals surface area contributed by atoms with Gasteiger partial charge >= 0.3 is 0 Å². The fourth-order valence-corrected chi connectivity index (χ4v) is 3.50. The number of ether oxygens (including phenoxy) is 1. The molecule has 0 bridgehead atoms. The van der Waals surface area contributed by atoms with Crippen LogP contribution < -0.4 is 5.32 Å². The van der Waals surface area contributed by atoms with Gasteiger partial charge in [0.05, 0.1) is 31.9 Å². The molecule has 8 heteroatoms.